The van der Waals surface area contributed by atoms with Crippen molar-refractivity contribution in [3.05, 3.63) is 176 Å². The first-order chi connectivity index (χ1) is 29.7. The third-order valence-corrected chi connectivity index (χ3v) is 13.8. The fourth-order valence-electron chi connectivity index (χ4n) is 9.92. The van der Waals surface area contributed by atoms with Crippen LogP contribution in [-0.2, 0) is 17.6 Å². The van der Waals surface area contributed by atoms with Crippen molar-refractivity contribution in [2.45, 2.75) is 71.3 Å². The van der Waals surface area contributed by atoms with Gasteiger partial charge in [-0.3, -0.25) is 4.79 Å². The topological polar surface area (TPSA) is 93.2 Å². The Kier molecular flexibility index (Phi) is 13.5. The van der Waals surface area contributed by atoms with E-state index in [1.54, 1.807) is 48.5 Å². The molecule has 2 aromatic heterocycles. The van der Waals surface area contributed by atoms with Crippen molar-refractivity contribution in [1.29, 1.82) is 0 Å². The molecule has 2 N–H and O–H groups in total. The molecule has 5 atom stereocenters. The van der Waals surface area contributed by atoms with Gasteiger partial charge in [0.05, 0.1) is 47.2 Å². The Hall–Kier alpha value is -5.53. The van der Waals surface area contributed by atoms with Gasteiger partial charge in [0.2, 0.25) is 0 Å². The number of hydrogen-bond acceptors (Lipinski definition) is 4. The maximum absolute atomic E-state index is 13.3. The maximum atomic E-state index is 13.3. The van der Waals surface area contributed by atoms with Gasteiger partial charge in [0.25, 0.3) is 0 Å². The van der Waals surface area contributed by atoms with Crippen LogP contribution in [0.5, 0.6) is 0 Å². The van der Waals surface area contributed by atoms with E-state index in [4.69, 9.17) is 0 Å². The Balaban J connectivity index is 0.000000161. The second-order valence-electron chi connectivity index (χ2n) is 17.1. The van der Waals surface area contributed by atoms with E-state index in [0.29, 0.717) is 6.42 Å². The number of aliphatic carboxylic acids is 1. The molecule has 0 bridgehead atoms. The van der Waals surface area contributed by atoms with Gasteiger partial charge in [-0.15, -0.1) is 0 Å². The molecule has 13 heteroatoms. The van der Waals surface area contributed by atoms with Gasteiger partial charge in [-0.05, 0) is 176 Å². The molecule has 6 aromatic rings. The molecule has 0 spiro atoms. The predicted octanol–water partition coefficient (Wildman–Crippen LogP) is 11.7. The number of aliphatic hydroxyl groups is 1. The van der Waals surface area contributed by atoms with Gasteiger partial charge in [0.1, 0.15) is 23.3 Å². The van der Waals surface area contributed by atoms with Crippen molar-refractivity contribution in [3.63, 3.8) is 0 Å². The predicted molar refractivity (Wildman–Crippen MR) is 240 cm³/mol. The number of carbonyl (C=O) groups is 1. The number of fused-ring (bicyclic) bond motifs is 4. The lowest BCUT2D eigenvalue weighted by Crippen LogP contribution is -2.41. The van der Waals surface area contributed by atoms with Crippen molar-refractivity contribution >= 4 is 42.5 Å². The second kappa shape index (κ2) is 18.7. The Labute approximate surface area is 374 Å². The minimum Gasteiger partial charge on any atom is -0.481 e. The van der Waals surface area contributed by atoms with Crippen LogP contribution in [0.25, 0.3) is 23.5 Å². The Bertz CT molecular complexity index is 2610. The van der Waals surface area contributed by atoms with Gasteiger partial charge in [-0.25, -0.2) is 26.9 Å². The van der Waals surface area contributed by atoms with Crippen LogP contribution in [-0.4, -0.2) is 44.2 Å². The molecular weight excluding hydrogens is 871 g/mol. The molecule has 2 heterocycles. The van der Waals surface area contributed by atoms with Gasteiger partial charge < -0.3 is 10.2 Å². The van der Waals surface area contributed by atoms with Gasteiger partial charge in [-0.2, -0.15) is 10.2 Å². The van der Waals surface area contributed by atoms with Crippen molar-refractivity contribution in [2.75, 3.05) is 0 Å². The highest BCUT2D eigenvalue weighted by Gasteiger charge is 2.48. The van der Waals surface area contributed by atoms with E-state index in [1.807, 2.05) is 21.8 Å². The number of hydrogen-bond donors (Lipinski definition) is 2. The summed E-state index contributed by atoms with van der Waals surface area (Å²) in [6.07, 6.45) is 14.3. The van der Waals surface area contributed by atoms with Crippen LogP contribution in [0.4, 0.5) is 17.6 Å². The molecule has 4 aliphatic rings. The molecule has 323 valence electrons. The molecule has 0 unspecified atom stereocenters. The lowest BCUT2D eigenvalue weighted by Gasteiger charge is -2.47. The summed E-state index contributed by atoms with van der Waals surface area (Å²) in [5, 5.41) is 29.8. The van der Waals surface area contributed by atoms with E-state index < -0.39 is 12.1 Å². The highest BCUT2D eigenvalue weighted by molar-refractivity contribution is 9.10. The first-order valence-electron chi connectivity index (χ1n) is 20.9. The smallest absolute Gasteiger partial charge is 0.307 e. The van der Waals surface area contributed by atoms with E-state index in [2.05, 4.69) is 52.1 Å². The zero-order chi connectivity index (χ0) is 43.8. The minimum atomic E-state index is -0.711. The summed E-state index contributed by atoms with van der Waals surface area (Å²) in [7, 11) is 0. The zero-order valence-corrected chi connectivity index (χ0v) is 36.6. The summed E-state index contributed by atoms with van der Waals surface area (Å²) >= 11 is 3.18. The average molecular weight is 919 g/mol. The minimum absolute atomic E-state index is 0. The SMILES string of the molecule is C[C@]12Cc3cnn(-c4ccc(F)cc4)c3C=C1CCC[C@@H]2C(=O)O.C[C@]12Cc3cnn(-c4ccc(F)cc4)c3C=C1CCC[C@@H]2[C@@H](O)c1ccc(F)cc1.Fc1ccc(Br)cc1.[B]. The zero-order valence-electron chi connectivity index (χ0n) is 35.0. The summed E-state index contributed by atoms with van der Waals surface area (Å²) < 4.78 is 56.5. The lowest BCUT2D eigenvalue weighted by molar-refractivity contribution is -0.146. The average Bonchev–Trinajstić information content (AvgIpc) is 3.86. The summed E-state index contributed by atoms with van der Waals surface area (Å²) in [5.74, 6) is -2.05. The van der Waals surface area contributed by atoms with E-state index in [-0.39, 0.29) is 54.3 Å². The molecule has 4 aromatic carbocycles. The van der Waals surface area contributed by atoms with Crippen molar-refractivity contribution < 1.29 is 32.6 Å². The van der Waals surface area contributed by atoms with Crippen LogP contribution in [0.2, 0.25) is 0 Å². The van der Waals surface area contributed by atoms with E-state index >= 15 is 0 Å². The summed E-state index contributed by atoms with van der Waals surface area (Å²) in [6.45, 7) is 4.29. The van der Waals surface area contributed by atoms with E-state index in [9.17, 15) is 32.6 Å². The second-order valence-corrected chi connectivity index (χ2v) is 18.0. The Morgan fingerprint density at radius 1 is 0.667 bits per heavy atom. The molecule has 4 aliphatic carbocycles. The van der Waals surface area contributed by atoms with Crippen LogP contribution in [0, 0.1) is 45.9 Å². The molecule has 10 rings (SSSR count). The standard InChI is InChI=1S/C25H24F2N2O.C19H19FN2O2.C6H4BrF.B/c1-25-14-17-15-28-29(21-11-9-20(27)10-12-21)23(17)13-18(25)3-2-4-22(25)24(30)16-5-7-19(26)8-6-16;1-19-10-12-11-21-22(15-7-5-14(20)6-8-15)17(12)9-13(19)3-2-4-16(19)18(23)24;7-5-1-3-6(8)4-2-5;/h5-13,15,22,24,30H,2-4,14H2,1H3;5-9,11,16H,2-4,10H2,1H3,(H,23,24);1-4H;/t22-,24+,25+;16-,19+;;/m11../s1. The summed E-state index contributed by atoms with van der Waals surface area (Å²) in [6, 6.07) is 24.9. The van der Waals surface area contributed by atoms with Crippen LogP contribution >= 0.6 is 15.9 Å². The number of rotatable bonds is 5. The Morgan fingerprint density at radius 2 is 1.08 bits per heavy atom. The summed E-state index contributed by atoms with van der Waals surface area (Å²) in [5.41, 5.74) is 8.59. The quantitative estimate of drug-likeness (QED) is 0.133. The van der Waals surface area contributed by atoms with Gasteiger partial charge >= 0.3 is 5.97 Å². The third kappa shape index (κ3) is 9.27. The van der Waals surface area contributed by atoms with Crippen LogP contribution in [0.15, 0.2) is 125 Å². The van der Waals surface area contributed by atoms with E-state index in [0.717, 1.165) is 88.9 Å². The molecule has 0 aliphatic heterocycles. The maximum Gasteiger partial charge on any atom is 0.307 e. The lowest BCUT2D eigenvalue weighted by atomic mass is 9.57. The molecule has 2 fully saturated rings. The van der Waals surface area contributed by atoms with Gasteiger partial charge in [0, 0.05) is 18.3 Å². The van der Waals surface area contributed by atoms with Crippen molar-refractivity contribution in [3.8, 4) is 11.4 Å². The number of benzene rings is 4. The normalized spacial score (nSPS) is 22.3. The molecule has 2 saturated carbocycles. The summed E-state index contributed by atoms with van der Waals surface area (Å²) in [4.78, 5) is 11.7. The van der Waals surface area contributed by atoms with Crippen LogP contribution in [0.1, 0.15) is 86.6 Å². The molecule has 0 saturated heterocycles. The molecule has 0 amide bonds. The monoisotopic (exact) mass is 917 g/mol. The van der Waals surface area contributed by atoms with E-state index in [1.165, 1.54) is 59.7 Å². The van der Waals surface area contributed by atoms with Gasteiger partial charge in [0.15, 0.2) is 0 Å². The Morgan fingerprint density at radius 3 is 1.54 bits per heavy atom. The fraction of sp³-hybridized carbons (Fsp3) is 0.300. The first kappa shape index (κ1) is 45.5. The third-order valence-electron chi connectivity index (χ3n) is 13.3. The van der Waals surface area contributed by atoms with Crippen molar-refractivity contribution in [2.24, 2.45) is 22.7 Å². The molecule has 63 heavy (non-hydrogen) atoms. The first-order valence-corrected chi connectivity index (χ1v) is 21.7. The highest BCUT2D eigenvalue weighted by Crippen LogP contribution is 2.55. The number of carboxylic acids is 1. The van der Waals surface area contributed by atoms with Crippen LogP contribution < -0.4 is 0 Å². The number of carboxylic acid groups (broad SMARTS) is 1. The molecule has 3 radical (unpaired) electrons. The fourth-order valence-corrected chi connectivity index (χ4v) is 10.2. The number of aromatic nitrogens is 4. The largest absolute Gasteiger partial charge is 0.481 e. The molecule has 7 nitrogen and oxygen atoms in total. The number of aliphatic hydroxyl groups excluding tert-OH is 1. The highest BCUT2D eigenvalue weighted by atomic mass is 79.9. The number of nitrogens with zero attached hydrogens (tertiary/aromatic N) is 4. The number of allylic oxidation sites excluding steroid dienone is 2. The molecular formula is C50H47BBrF4N4O3. The van der Waals surface area contributed by atoms with Gasteiger partial charge in [-0.1, -0.05) is 53.1 Å². The number of halogens is 5. The van der Waals surface area contributed by atoms with Crippen LogP contribution in [0.3, 0.4) is 0 Å². The van der Waals surface area contributed by atoms with Crippen molar-refractivity contribution in [1.82, 2.24) is 19.6 Å².